The highest BCUT2D eigenvalue weighted by Gasteiger charge is 2.09. The Labute approximate surface area is 101 Å². The predicted octanol–water partition coefficient (Wildman–Crippen LogP) is 2.94. The van der Waals surface area contributed by atoms with Crippen LogP contribution in [0.15, 0.2) is 54.6 Å². The lowest BCUT2D eigenvalue weighted by Gasteiger charge is -2.12. The lowest BCUT2D eigenvalue weighted by Crippen LogP contribution is -2.11. The van der Waals surface area contributed by atoms with Crippen molar-refractivity contribution in [3.05, 3.63) is 71.3 Å². The summed E-state index contributed by atoms with van der Waals surface area (Å²) in [5.74, 6) is -0.123. The molecule has 86 valence electrons. The first-order chi connectivity index (χ1) is 8.18. The van der Waals surface area contributed by atoms with Crippen LogP contribution in [0.3, 0.4) is 0 Å². The molecule has 0 unspecified atom stereocenters. The van der Waals surface area contributed by atoms with Crippen molar-refractivity contribution in [2.45, 2.75) is 12.8 Å². The molecule has 2 heteroatoms. The summed E-state index contributed by atoms with van der Waals surface area (Å²) in [5, 5.41) is 0. The zero-order valence-corrected chi connectivity index (χ0v) is 9.76. The van der Waals surface area contributed by atoms with E-state index in [0.29, 0.717) is 5.56 Å². The van der Waals surface area contributed by atoms with Crippen LogP contribution in [0.2, 0.25) is 0 Å². The quantitative estimate of drug-likeness (QED) is 0.857. The van der Waals surface area contributed by atoms with Crippen LogP contribution < -0.4 is 5.73 Å². The van der Waals surface area contributed by atoms with Gasteiger partial charge in [-0.2, -0.15) is 0 Å². The zero-order chi connectivity index (χ0) is 12.3. The maximum absolute atomic E-state index is 11.1. The summed E-state index contributed by atoms with van der Waals surface area (Å²) in [7, 11) is 0. The fourth-order valence-corrected chi connectivity index (χ4v) is 1.90. The van der Waals surface area contributed by atoms with E-state index in [-0.39, 0.29) is 11.8 Å². The third-order valence-electron chi connectivity index (χ3n) is 2.97. The highest BCUT2D eigenvalue weighted by atomic mass is 16.1. The number of rotatable bonds is 3. The van der Waals surface area contributed by atoms with Gasteiger partial charge in [0, 0.05) is 11.5 Å². The van der Waals surface area contributed by atoms with Gasteiger partial charge in [0.05, 0.1) is 0 Å². The molecule has 0 heterocycles. The third kappa shape index (κ3) is 2.53. The highest BCUT2D eigenvalue weighted by molar-refractivity contribution is 5.92. The molecule has 2 nitrogen and oxygen atoms in total. The Kier molecular flexibility index (Phi) is 3.24. The summed E-state index contributed by atoms with van der Waals surface area (Å²) < 4.78 is 0. The van der Waals surface area contributed by atoms with Crippen LogP contribution in [0, 0.1) is 0 Å². The molecule has 0 saturated carbocycles. The maximum Gasteiger partial charge on any atom is 0.248 e. The molecule has 2 rings (SSSR count). The minimum Gasteiger partial charge on any atom is -0.366 e. The fourth-order valence-electron chi connectivity index (χ4n) is 1.90. The number of hydrogen-bond acceptors (Lipinski definition) is 1. The minimum absolute atomic E-state index is 0.260. The summed E-state index contributed by atoms with van der Waals surface area (Å²) >= 11 is 0. The van der Waals surface area contributed by atoms with Crippen molar-refractivity contribution in [3.63, 3.8) is 0 Å². The van der Waals surface area contributed by atoms with E-state index < -0.39 is 0 Å². The van der Waals surface area contributed by atoms with Crippen LogP contribution >= 0.6 is 0 Å². The summed E-state index contributed by atoms with van der Waals surface area (Å²) in [6.45, 7) is 2.12. The number of benzene rings is 2. The molecule has 2 aromatic rings. The summed E-state index contributed by atoms with van der Waals surface area (Å²) in [5.41, 5.74) is 8.18. The molecule has 0 spiro atoms. The molecule has 0 saturated heterocycles. The molecule has 2 aromatic carbocycles. The Morgan fingerprint density at radius 3 is 2.29 bits per heavy atom. The van der Waals surface area contributed by atoms with Gasteiger partial charge in [0.15, 0.2) is 0 Å². The zero-order valence-electron chi connectivity index (χ0n) is 9.76. The average Bonchev–Trinajstić information content (AvgIpc) is 2.39. The fraction of sp³-hybridized carbons (Fsp3) is 0.133. The number of nitrogens with two attached hydrogens (primary N) is 1. The Morgan fingerprint density at radius 1 is 1.00 bits per heavy atom. The first-order valence-electron chi connectivity index (χ1n) is 5.63. The largest absolute Gasteiger partial charge is 0.366 e. The molecule has 0 aromatic heterocycles. The van der Waals surface area contributed by atoms with E-state index in [2.05, 4.69) is 19.1 Å². The molecule has 0 radical (unpaired) electrons. The van der Waals surface area contributed by atoms with E-state index >= 15 is 0 Å². The molecule has 0 bridgehead atoms. The van der Waals surface area contributed by atoms with Gasteiger partial charge in [-0.15, -0.1) is 0 Å². The van der Waals surface area contributed by atoms with Crippen molar-refractivity contribution in [2.75, 3.05) is 0 Å². The second kappa shape index (κ2) is 4.83. The van der Waals surface area contributed by atoms with Gasteiger partial charge in [-0.1, -0.05) is 49.4 Å². The monoisotopic (exact) mass is 225 g/mol. The van der Waals surface area contributed by atoms with E-state index in [1.54, 1.807) is 6.07 Å². The SMILES string of the molecule is C[C@@H](c1ccccc1)c1cccc(C(N)=O)c1. The number of primary amides is 1. The molecule has 0 aliphatic rings. The smallest absolute Gasteiger partial charge is 0.248 e. The van der Waals surface area contributed by atoms with Crippen LogP contribution in [0.5, 0.6) is 0 Å². The van der Waals surface area contributed by atoms with E-state index in [4.69, 9.17) is 5.73 Å². The van der Waals surface area contributed by atoms with Crippen molar-refractivity contribution in [1.29, 1.82) is 0 Å². The second-order valence-corrected chi connectivity index (χ2v) is 4.12. The van der Waals surface area contributed by atoms with Gasteiger partial charge in [-0.3, -0.25) is 4.79 Å². The number of amides is 1. The van der Waals surface area contributed by atoms with Crippen molar-refractivity contribution < 1.29 is 4.79 Å². The molecule has 0 fully saturated rings. The number of carbonyl (C=O) groups excluding carboxylic acids is 1. The molecule has 0 aliphatic carbocycles. The van der Waals surface area contributed by atoms with Crippen LogP contribution in [0.25, 0.3) is 0 Å². The van der Waals surface area contributed by atoms with E-state index in [9.17, 15) is 4.79 Å². The number of hydrogen-bond donors (Lipinski definition) is 1. The van der Waals surface area contributed by atoms with Crippen molar-refractivity contribution in [1.82, 2.24) is 0 Å². The number of carbonyl (C=O) groups is 1. The topological polar surface area (TPSA) is 43.1 Å². The van der Waals surface area contributed by atoms with Crippen molar-refractivity contribution >= 4 is 5.91 Å². The molecular formula is C15H15NO. The molecule has 2 N–H and O–H groups in total. The predicted molar refractivity (Wildman–Crippen MR) is 68.9 cm³/mol. The Hall–Kier alpha value is -2.09. The van der Waals surface area contributed by atoms with Crippen molar-refractivity contribution in [3.8, 4) is 0 Å². The molecule has 1 amide bonds. The third-order valence-corrected chi connectivity index (χ3v) is 2.97. The summed E-state index contributed by atoms with van der Waals surface area (Å²) in [4.78, 5) is 11.1. The molecule has 17 heavy (non-hydrogen) atoms. The lowest BCUT2D eigenvalue weighted by atomic mass is 9.92. The van der Waals surface area contributed by atoms with Gasteiger partial charge in [0.25, 0.3) is 0 Å². The maximum atomic E-state index is 11.1. The first kappa shape index (κ1) is 11.4. The van der Waals surface area contributed by atoms with E-state index in [1.165, 1.54) is 5.56 Å². The van der Waals surface area contributed by atoms with Crippen molar-refractivity contribution in [2.24, 2.45) is 5.73 Å². The lowest BCUT2D eigenvalue weighted by molar-refractivity contribution is 0.1000. The van der Waals surface area contributed by atoms with Gasteiger partial charge in [-0.25, -0.2) is 0 Å². The Bertz CT molecular complexity index is 519. The second-order valence-electron chi connectivity index (χ2n) is 4.12. The molecular weight excluding hydrogens is 210 g/mol. The van der Waals surface area contributed by atoms with Crippen LogP contribution in [-0.2, 0) is 0 Å². The Balaban J connectivity index is 2.34. The Morgan fingerprint density at radius 2 is 1.65 bits per heavy atom. The van der Waals surface area contributed by atoms with E-state index in [1.807, 2.05) is 36.4 Å². The van der Waals surface area contributed by atoms with Crippen LogP contribution in [0.4, 0.5) is 0 Å². The highest BCUT2D eigenvalue weighted by Crippen LogP contribution is 2.24. The van der Waals surface area contributed by atoms with Gasteiger partial charge < -0.3 is 5.73 Å². The molecule has 0 aliphatic heterocycles. The average molecular weight is 225 g/mol. The van der Waals surface area contributed by atoms with Gasteiger partial charge in [-0.05, 0) is 23.3 Å². The minimum atomic E-state index is -0.382. The van der Waals surface area contributed by atoms with E-state index in [0.717, 1.165) is 5.56 Å². The summed E-state index contributed by atoms with van der Waals surface area (Å²) in [6.07, 6.45) is 0. The van der Waals surface area contributed by atoms with Gasteiger partial charge >= 0.3 is 0 Å². The standard InChI is InChI=1S/C15H15NO/c1-11(12-6-3-2-4-7-12)13-8-5-9-14(10-13)15(16)17/h2-11H,1H3,(H2,16,17)/t11-/m0/s1. The van der Waals surface area contributed by atoms with Gasteiger partial charge in [0.1, 0.15) is 0 Å². The van der Waals surface area contributed by atoms with Crippen LogP contribution in [-0.4, -0.2) is 5.91 Å². The normalized spacial score (nSPS) is 12.1. The first-order valence-corrected chi connectivity index (χ1v) is 5.63. The molecule has 1 atom stereocenters. The van der Waals surface area contributed by atoms with Gasteiger partial charge in [0.2, 0.25) is 5.91 Å². The van der Waals surface area contributed by atoms with Crippen LogP contribution in [0.1, 0.15) is 34.3 Å². The summed E-state index contributed by atoms with van der Waals surface area (Å²) in [6, 6.07) is 17.7.